The average Bonchev–Trinajstić information content (AvgIpc) is 3.13. The van der Waals surface area contributed by atoms with Crippen molar-refractivity contribution in [1.82, 2.24) is 15.6 Å². The van der Waals surface area contributed by atoms with Crippen molar-refractivity contribution in [1.29, 1.82) is 0 Å². The van der Waals surface area contributed by atoms with E-state index in [2.05, 4.69) is 20.7 Å². The van der Waals surface area contributed by atoms with Gasteiger partial charge >= 0.3 is 5.97 Å². The molecule has 25 heavy (non-hydrogen) atoms. The van der Waals surface area contributed by atoms with Crippen molar-refractivity contribution in [2.75, 3.05) is 0 Å². The largest absolute Gasteiger partial charge is 0.478 e. The van der Waals surface area contributed by atoms with Crippen LogP contribution in [-0.2, 0) is 0 Å². The maximum Gasteiger partial charge on any atom is 0.336 e. The van der Waals surface area contributed by atoms with E-state index in [1.165, 1.54) is 12.3 Å². The highest BCUT2D eigenvalue weighted by Gasteiger charge is 2.10. The Labute approximate surface area is 143 Å². The van der Waals surface area contributed by atoms with E-state index in [0.29, 0.717) is 11.3 Å². The number of carbonyl (C=O) groups excluding carboxylic acids is 1. The number of H-pyrrole nitrogens is 1. The molecule has 7 heteroatoms. The van der Waals surface area contributed by atoms with Crippen LogP contribution in [0.1, 0.15) is 26.4 Å². The lowest BCUT2D eigenvalue weighted by Gasteiger charge is -2.00. The number of carboxylic acids is 1. The highest BCUT2D eigenvalue weighted by atomic mass is 16.4. The molecule has 1 aromatic heterocycles. The van der Waals surface area contributed by atoms with Crippen LogP contribution in [0.4, 0.5) is 0 Å². The van der Waals surface area contributed by atoms with Crippen molar-refractivity contribution < 1.29 is 14.7 Å². The first-order chi connectivity index (χ1) is 12.1. The summed E-state index contributed by atoms with van der Waals surface area (Å²) in [4.78, 5) is 23.2. The van der Waals surface area contributed by atoms with Crippen LogP contribution in [0, 0.1) is 0 Å². The number of carbonyl (C=O) groups is 2. The Morgan fingerprint density at radius 3 is 2.56 bits per heavy atom. The Bertz CT molecular complexity index is 932. The molecule has 0 radical (unpaired) electrons. The quantitative estimate of drug-likeness (QED) is 0.492. The standard InChI is InChI=1S/C18H14N4O3/c23-17(16-10-15(20-21-16)12-6-2-1-3-7-12)22-19-11-13-8-4-5-9-14(13)18(24)25/h1-11H,(H,20,21)(H,22,23)(H,24,25)/b19-11+. The maximum absolute atomic E-state index is 12.1. The molecular weight excluding hydrogens is 320 g/mol. The summed E-state index contributed by atoms with van der Waals surface area (Å²) in [5, 5.41) is 19.7. The fraction of sp³-hybridized carbons (Fsp3) is 0. The van der Waals surface area contributed by atoms with Crippen LogP contribution >= 0.6 is 0 Å². The Hall–Kier alpha value is -3.74. The Morgan fingerprint density at radius 2 is 1.80 bits per heavy atom. The van der Waals surface area contributed by atoms with Crippen molar-refractivity contribution >= 4 is 18.1 Å². The molecule has 0 unspecified atom stereocenters. The predicted octanol–water partition coefficient (Wildman–Crippen LogP) is 2.54. The van der Waals surface area contributed by atoms with Crippen LogP contribution in [0.3, 0.4) is 0 Å². The second-order valence-corrected chi connectivity index (χ2v) is 5.12. The van der Waals surface area contributed by atoms with Crippen LogP contribution in [-0.4, -0.2) is 33.4 Å². The van der Waals surface area contributed by atoms with E-state index in [9.17, 15) is 9.59 Å². The zero-order chi connectivity index (χ0) is 17.6. The van der Waals surface area contributed by atoms with E-state index < -0.39 is 11.9 Å². The summed E-state index contributed by atoms with van der Waals surface area (Å²) in [7, 11) is 0. The summed E-state index contributed by atoms with van der Waals surface area (Å²) in [5.41, 5.74) is 4.63. The molecule has 7 nitrogen and oxygen atoms in total. The smallest absolute Gasteiger partial charge is 0.336 e. The third-order valence-electron chi connectivity index (χ3n) is 3.45. The van der Waals surface area contributed by atoms with Crippen molar-refractivity contribution in [2.45, 2.75) is 0 Å². The number of aromatic amines is 1. The first-order valence-corrected chi connectivity index (χ1v) is 7.41. The Morgan fingerprint density at radius 1 is 1.08 bits per heavy atom. The molecule has 3 aromatic rings. The zero-order valence-corrected chi connectivity index (χ0v) is 13.0. The normalized spacial score (nSPS) is 10.7. The van der Waals surface area contributed by atoms with Gasteiger partial charge in [-0.1, -0.05) is 48.5 Å². The SMILES string of the molecule is O=C(N/N=C/c1ccccc1C(=O)O)c1cc(-c2ccccc2)n[nH]1. The average molecular weight is 334 g/mol. The number of nitrogens with zero attached hydrogens (tertiary/aromatic N) is 2. The first kappa shape index (κ1) is 16.1. The molecule has 124 valence electrons. The number of rotatable bonds is 5. The van der Waals surface area contributed by atoms with Gasteiger partial charge in [-0.15, -0.1) is 0 Å². The summed E-state index contributed by atoms with van der Waals surface area (Å²) in [6.07, 6.45) is 1.29. The van der Waals surface area contributed by atoms with Crippen LogP contribution < -0.4 is 5.43 Å². The fourth-order valence-electron chi connectivity index (χ4n) is 2.22. The number of aromatic carboxylic acids is 1. The van der Waals surface area contributed by atoms with Gasteiger partial charge in [-0.05, 0) is 12.1 Å². The Balaban J connectivity index is 1.70. The number of carboxylic acid groups (broad SMARTS) is 1. The number of hydrazone groups is 1. The molecule has 0 aliphatic carbocycles. The van der Waals surface area contributed by atoms with Crippen LogP contribution in [0.2, 0.25) is 0 Å². The molecule has 0 aliphatic heterocycles. The van der Waals surface area contributed by atoms with E-state index in [-0.39, 0.29) is 11.3 Å². The second-order valence-electron chi connectivity index (χ2n) is 5.12. The van der Waals surface area contributed by atoms with E-state index in [1.807, 2.05) is 30.3 Å². The van der Waals surface area contributed by atoms with Gasteiger partial charge in [0.05, 0.1) is 17.5 Å². The van der Waals surface area contributed by atoms with E-state index in [0.717, 1.165) is 5.56 Å². The van der Waals surface area contributed by atoms with Gasteiger partial charge in [0.2, 0.25) is 0 Å². The summed E-state index contributed by atoms with van der Waals surface area (Å²) in [6.45, 7) is 0. The monoisotopic (exact) mass is 334 g/mol. The number of benzene rings is 2. The minimum Gasteiger partial charge on any atom is -0.478 e. The Kier molecular flexibility index (Phi) is 4.66. The predicted molar refractivity (Wildman–Crippen MR) is 92.5 cm³/mol. The zero-order valence-electron chi connectivity index (χ0n) is 13.0. The lowest BCUT2D eigenvalue weighted by Crippen LogP contribution is -2.18. The molecule has 0 spiro atoms. The topological polar surface area (TPSA) is 107 Å². The summed E-state index contributed by atoms with van der Waals surface area (Å²) >= 11 is 0. The molecule has 0 atom stereocenters. The molecular formula is C18H14N4O3. The van der Waals surface area contributed by atoms with Gasteiger partial charge in [-0.3, -0.25) is 9.89 Å². The van der Waals surface area contributed by atoms with Crippen molar-refractivity contribution in [2.24, 2.45) is 5.10 Å². The third-order valence-corrected chi connectivity index (χ3v) is 3.45. The molecule has 1 heterocycles. The van der Waals surface area contributed by atoms with Crippen LogP contribution in [0.15, 0.2) is 65.8 Å². The van der Waals surface area contributed by atoms with E-state index in [1.54, 1.807) is 24.3 Å². The van der Waals surface area contributed by atoms with Gasteiger partial charge in [-0.25, -0.2) is 10.2 Å². The summed E-state index contributed by atoms with van der Waals surface area (Å²) in [5.74, 6) is -1.53. The fourth-order valence-corrected chi connectivity index (χ4v) is 2.22. The molecule has 2 aromatic carbocycles. The third kappa shape index (κ3) is 3.78. The van der Waals surface area contributed by atoms with E-state index >= 15 is 0 Å². The highest BCUT2D eigenvalue weighted by Crippen LogP contribution is 2.16. The molecule has 0 fully saturated rings. The van der Waals surface area contributed by atoms with Gasteiger partial charge in [0.25, 0.3) is 5.91 Å². The number of hydrogen-bond donors (Lipinski definition) is 3. The maximum atomic E-state index is 12.1. The van der Waals surface area contributed by atoms with Crippen LogP contribution in [0.5, 0.6) is 0 Å². The molecule has 3 rings (SSSR count). The minimum atomic E-state index is -1.06. The summed E-state index contributed by atoms with van der Waals surface area (Å²) < 4.78 is 0. The van der Waals surface area contributed by atoms with Crippen molar-refractivity contribution in [3.63, 3.8) is 0 Å². The number of amides is 1. The van der Waals surface area contributed by atoms with E-state index in [4.69, 9.17) is 5.11 Å². The van der Waals surface area contributed by atoms with Crippen molar-refractivity contribution in [3.05, 3.63) is 77.5 Å². The second kappa shape index (κ2) is 7.22. The number of aromatic nitrogens is 2. The highest BCUT2D eigenvalue weighted by molar-refractivity contribution is 5.99. The number of hydrogen-bond acceptors (Lipinski definition) is 4. The molecule has 1 amide bonds. The molecule has 0 saturated heterocycles. The molecule has 0 saturated carbocycles. The first-order valence-electron chi connectivity index (χ1n) is 7.41. The van der Waals surface area contributed by atoms with Gasteiger partial charge < -0.3 is 5.11 Å². The summed E-state index contributed by atoms with van der Waals surface area (Å²) in [6, 6.07) is 17.4. The van der Waals surface area contributed by atoms with Gasteiger partial charge in [0.15, 0.2) is 0 Å². The molecule has 0 bridgehead atoms. The minimum absolute atomic E-state index is 0.105. The van der Waals surface area contributed by atoms with Gasteiger partial charge in [-0.2, -0.15) is 10.2 Å². The lowest BCUT2D eigenvalue weighted by molar-refractivity contribution is 0.0696. The van der Waals surface area contributed by atoms with Gasteiger partial charge in [0.1, 0.15) is 5.69 Å². The molecule has 3 N–H and O–H groups in total. The lowest BCUT2D eigenvalue weighted by atomic mass is 10.1. The van der Waals surface area contributed by atoms with Crippen LogP contribution in [0.25, 0.3) is 11.3 Å². The molecule has 0 aliphatic rings. The van der Waals surface area contributed by atoms with Gasteiger partial charge in [0, 0.05) is 11.1 Å². The number of nitrogens with one attached hydrogen (secondary N) is 2. The van der Waals surface area contributed by atoms with Crippen molar-refractivity contribution in [3.8, 4) is 11.3 Å².